The standard InChI is InChI=1S/C12H20N2O/c1-11(2,3)14-9-6-7-10(13-8-9)12(4,5)15/h6-8,14-15H,1-5H3. The molecule has 0 aromatic carbocycles. The third-order valence-electron chi connectivity index (χ3n) is 1.91. The van der Waals surface area contributed by atoms with Gasteiger partial charge in [-0.2, -0.15) is 0 Å². The summed E-state index contributed by atoms with van der Waals surface area (Å²) in [5.41, 5.74) is 0.801. The molecule has 0 aliphatic rings. The molecule has 1 aromatic rings. The first-order chi connectivity index (χ1) is 6.68. The van der Waals surface area contributed by atoms with Gasteiger partial charge < -0.3 is 10.4 Å². The van der Waals surface area contributed by atoms with Crippen LogP contribution in [0.5, 0.6) is 0 Å². The monoisotopic (exact) mass is 208 g/mol. The molecule has 3 heteroatoms. The predicted molar refractivity (Wildman–Crippen MR) is 62.9 cm³/mol. The Hall–Kier alpha value is -1.09. The molecule has 0 unspecified atom stereocenters. The van der Waals surface area contributed by atoms with E-state index in [2.05, 4.69) is 31.1 Å². The molecule has 3 nitrogen and oxygen atoms in total. The van der Waals surface area contributed by atoms with E-state index in [1.54, 1.807) is 20.0 Å². The van der Waals surface area contributed by atoms with E-state index in [0.717, 1.165) is 5.69 Å². The number of hydrogen-bond acceptors (Lipinski definition) is 3. The van der Waals surface area contributed by atoms with E-state index in [0.29, 0.717) is 5.69 Å². The van der Waals surface area contributed by atoms with E-state index < -0.39 is 5.60 Å². The van der Waals surface area contributed by atoms with E-state index in [1.165, 1.54) is 0 Å². The molecule has 1 rings (SSSR count). The van der Waals surface area contributed by atoms with Gasteiger partial charge in [0.2, 0.25) is 0 Å². The van der Waals surface area contributed by atoms with Crippen LogP contribution in [0.25, 0.3) is 0 Å². The molecule has 0 aliphatic carbocycles. The molecule has 0 radical (unpaired) electrons. The lowest BCUT2D eigenvalue weighted by atomic mass is 10.0. The van der Waals surface area contributed by atoms with Crippen LogP contribution in [0.3, 0.4) is 0 Å². The van der Waals surface area contributed by atoms with Crippen LogP contribution in [-0.2, 0) is 5.60 Å². The van der Waals surface area contributed by atoms with Crippen molar-refractivity contribution in [3.63, 3.8) is 0 Å². The van der Waals surface area contributed by atoms with Crippen LogP contribution in [0.4, 0.5) is 5.69 Å². The third kappa shape index (κ3) is 3.88. The fourth-order valence-corrected chi connectivity index (χ4v) is 1.26. The second-order valence-electron chi connectivity index (χ2n) is 5.37. The Morgan fingerprint density at radius 2 is 1.73 bits per heavy atom. The largest absolute Gasteiger partial charge is 0.384 e. The predicted octanol–water partition coefficient (Wildman–Crippen LogP) is 2.52. The summed E-state index contributed by atoms with van der Waals surface area (Å²) < 4.78 is 0. The number of aliphatic hydroxyl groups is 1. The van der Waals surface area contributed by atoms with Gasteiger partial charge in [0.25, 0.3) is 0 Å². The maximum absolute atomic E-state index is 9.73. The van der Waals surface area contributed by atoms with Crippen molar-refractivity contribution in [2.24, 2.45) is 0 Å². The minimum Gasteiger partial charge on any atom is -0.384 e. The Labute approximate surface area is 91.5 Å². The zero-order valence-corrected chi connectivity index (χ0v) is 10.1. The topological polar surface area (TPSA) is 45.1 Å². The van der Waals surface area contributed by atoms with Gasteiger partial charge in [0.05, 0.1) is 17.6 Å². The smallest absolute Gasteiger partial charge is 0.101 e. The average Bonchev–Trinajstić information content (AvgIpc) is 2.00. The molecule has 15 heavy (non-hydrogen) atoms. The number of anilines is 1. The van der Waals surface area contributed by atoms with Crippen LogP contribution >= 0.6 is 0 Å². The molecule has 0 aliphatic heterocycles. The molecular formula is C12H20N2O. The van der Waals surface area contributed by atoms with Crippen molar-refractivity contribution < 1.29 is 5.11 Å². The van der Waals surface area contributed by atoms with Crippen LogP contribution in [0, 0.1) is 0 Å². The quantitative estimate of drug-likeness (QED) is 0.785. The van der Waals surface area contributed by atoms with Crippen molar-refractivity contribution in [1.29, 1.82) is 0 Å². The molecule has 1 heterocycles. The van der Waals surface area contributed by atoms with Crippen molar-refractivity contribution in [3.8, 4) is 0 Å². The van der Waals surface area contributed by atoms with Crippen LogP contribution in [0.15, 0.2) is 18.3 Å². The maximum atomic E-state index is 9.73. The van der Waals surface area contributed by atoms with E-state index in [1.807, 2.05) is 12.1 Å². The first-order valence-corrected chi connectivity index (χ1v) is 5.15. The molecule has 0 fully saturated rings. The fraction of sp³-hybridized carbons (Fsp3) is 0.583. The van der Waals surface area contributed by atoms with Crippen molar-refractivity contribution in [2.45, 2.75) is 45.8 Å². The molecule has 84 valence electrons. The minimum atomic E-state index is -0.875. The Bertz CT molecular complexity index is 317. The molecule has 2 N–H and O–H groups in total. The van der Waals surface area contributed by atoms with Gasteiger partial charge in [-0.25, -0.2) is 0 Å². The summed E-state index contributed by atoms with van der Waals surface area (Å²) >= 11 is 0. The summed E-state index contributed by atoms with van der Waals surface area (Å²) in [4.78, 5) is 4.22. The number of aromatic nitrogens is 1. The molecule has 0 spiro atoms. The summed E-state index contributed by atoms with van der Waals surface area (Å²) in [6.45, 7) is 9.74. The molecule has 0 bridgehead atoms. The fourth-order valence-electron chi connectivity index (χ4n) is 1.26. The number of rotatable bonds is 2. The zero-order chi connectivity index (χ0) is 11.7. The van der Waals surface area contributed by atoms with Crippen LogP contribution in [0.1, 0.15) is 40.3 Å². The Morgan fingerprint density at radius 1 is 1.13 bits per heavy atom. The highest BCUT2D eigenvalue weighted by atomic mass is 16.3. The highest BCUT2D eigenvalue weighted by Gasteiger charge is 2.17. The van der Waals surface area contributed by atoms with Gasteiger partial charge in [-0.1, -0.05) is 0 Å². The second kappa shape index (κ2) is 3.81. The first-order valence-electron chi connectivity index (χ1n) is 5.15. The molecule has 0 saturated heterocycles. The number of hydrogen-bond donors (Lipinski definition) is 2. The molecule has 0 amide bonds. The van der Waals surface area contributed by atoms with Crippen molar-refractivity contribution in [2.75, 3.05) is 5.32 Å². The zero-order valence-electron chi connectivity index (χ0n) is 10.1. The number of nitrogens with one attached hydrogen (secondary N) is 1. The summed E-state index contributed by atoms with van der Waals surface area (Å²) in [5.74, 6) is 0. The summed E-state index contributed by atoms with van der Waals surface area (Å²) in [7, 11) is 0. The molecule has 0 atom stereocenters. The molecular weight excluding hydrogens is 188 g/mol. The van der Waals surface area contributed by atoms with E-state index in [4.69, 9.17) is 0 Å². The van der Waals surface area contributed by atoms with Gasteiger partial charge in [-0.3, -0.25) is 4.98 Å². The van der Waals surface area contributed by atoms with Gasteiger partial charge in [0.15, 0.2) is 0 Å². The van der Waals surface area contributed by atoms with Gasteiger partial charge in [-0.15, -0.1) is 0 Å². The highest BCUT2D eigenvalue weighted by molar-refractivity contribution is 5.43. The maximum Gasteiger partial charge on any atom is 0.101 e. The summed E-state index contributed by atoms with van der Waals surface area (Å²) in [5, 5.41) is 13.0. The van der Waals surface area contributed by atoms with Crippen LogP contribution in [0.2, 0.25) is 0 Å². The normalized spacial score (nSPS) is 12.7. The van der Waals surface area contributed by atoms with E-state index >= 15 is 0 Å². The van der Waals surface area contributed by atoms with Crippen LogP contribution in [-0.4, -0.2) is 15.6 Å². The van der Waals surface area contributed by atoms with E-state index in [9.17, 15) is 5.11 Å². The lowest BCUT2D eigenvalue weighted by molar-refractivity contribution is 0.0739. The Morgan fingerprint density at radius 3 is 2.07 bits per heavy atom. The Balaban J connectivity index is 2.82. The lowest BCUT2D eigenvalue weighted by Crippen LogP contribution is -2.26. The van der Waals surface area contributed by atoms with Gasteiger partial charge in [0, 0.05) is 5.54 Å². The minimum absolute atomic E-state index is 0.0257. The Kier molecular flexibility index (Phi) is 3.05. The SMILES string of the molecule is CC(C)(C)Nc1ccc(C(C)(C)O)nc1. The number of pyridine rings is 1. The summed E-state index contributed by atoms with van der Waals surface area (Å²) in [6, 6.07) is 3.78. The van der Waals surface area contributed by atoms with Gasteiger partial charge in [-0.05, 0) is 46.8 Å². The molecule has 1 aromatic heterocycles. The third-order valence-corrected chi connectivity index (χ3v) is 1.91. The molecule has 0 saturated carbocycles. The number of nitrogens with zero attached hydrogens (tertiary/aromatic N) is 1. The van der Waals surface area contributed by atoms with Crippen molar-refractivity contribution in [3.05, 3.63) is 24.0 Å². The average molecular weight is 208 g/mol. The second-order valence-corrected chi connectivity index (χ2v) is 5.37. The van der Waals surface area contributed by atoms with Crippen molar-refractivity contribution >= 4 is 5.69 Å². The van der Waals surface area contributed by atoms with Gasteiger partial charge >= 0.3 is 0 Å². The van der Waals surface area contributed by atoms with Crippen molar-refractivity contribution in [1.82, 2.24) is 4.98 Å². The first kappa shape index (κ1) is 12.0. The van der Waals surface area contributed by atoms with Crippen LogP contribution < -0.4 is 5.32 Å². The lowest BCUT2D eigenvalue weighted by Gasteiger charge is -2.23. The summed E-state index contributed by atoms with van der Waals surface area (Å²) in [6.07, 6.45) is 1.75. The van der Waals surface area contributed by atoms with Gasteiger partial charge in [0.1, 0.15) is 5.60 Å². The highest BCUT2D eigenvalue weighted by Crippen LogP contribution is 2.19. The van der Waals surface area contributed by atoms with E-state index in [-0.39, 0.29) is 5.54 Å².